The van der Waals surface area contributed by atoms with E-state index in [-0.39, 0.29) is 11.9 Å². The first-order valence-electron chi connectivity index (χ1n) is 6.52. The summed E-state index contributed by atoms with van der Waals surface area (Å²) < 4.78 is 0. The lowest BCUT2D eigenvalue weighted by Gasteiger charge is -2.32. The first-order valence-corrected chi connectivity index (χ1v) is 7.40. The Balaban J connectivity index is 1.87. The second-order valence-electron chi connectivity index (χ2n) is 4.73. The van der Waals surface area contributed by atoms with E-state index in [0.29, 0.717) is 0 Å². The van der Waals surface area contributed by atoms with Crippen LogP contribution < -0.4 is 11.1 Å². The predicted molar refractivity (Wildman–Crippen MR) is 74.5 cm³/mol. The number of likely N-dealkylation sites (N-methyl/N-ethyl adjacent to an activating group) is 1. The number of carbonyl (C=O) groups is 1. The third kappa shape index (κ3) is 3.31. The van der Waals surface area contributed by atoms with Crippen LogP contribution in [0.1, 0.15) is 30.7 Å². The Kier molecular flexibility index (Phi) is 4.74. The maximum atomic E-state index is 12.1. The number of carbonyl (C=O) groups excluding carboxylic acids is 1. The fourth-order valence-electron chi connectivity index (χ4n) is 2.35. The molecule has 5 heteroatoms. The highest BCUT2D eigenvalue weighted by atomic mass is 32.1. The maximum absolute atomic E-state index is 12.1. The third-order valence-electron chi connectivity index (χ3n) is 3.43. The van der Waals surface area contributed by atoms with E-state index in [1.807, 2.05) is 17.5 Å². The number of thiophene rings is 1. The Morgan fingerprint density at radius 2 is 2.56 bits per heavy atom. The Labute approximate surface area is 112 Å². The molecule has 1 aromatic heterocycles. The SMILES string of the molecule is CCN1CCCC(NC(=O)C(N)c2cccs2)C1. The van der Waals surface area contributed by atoms with Crippen LogP contribution in [0, 0.1) is 0 Å². The standard InChI is InChI=1S/C13H21N3OS/c1-2-16-7-3-5-10(9-16)15-13(17)12(14)11-6-4-8-18-11/h4,6,8,10,12H,2-3,5,7,9,14H2,1H3,(H,15,17). The smallest absolute Gasteiger partial charge is 0.242 e. The molecule has 0 radical (unpaired) electrons. The number of amides is 1. The molecule has 1 fully saturated rings. The molecule has 0 aromatic carbocycles. The Morgan fingerprint density at radius 1 is 1.72 bits per heavy atom. The van der Waals surface area contributed by atoms with Crippen molar-refractivity contribution in [2.24, 2.45) is 5.73 Å². The molecule has 4 nitrogen and oxygen atoms in total. The van der Waals surface area contributed by atoms with Crippen LogP contribution in [0.4, 0.5) is 0 Å². The summed E-state index contributed by atoms with van der Waals surface area (Å²) in [6.07, 6.45) is 2.20. The first kappa shape index (κ1) is 13.5. The molecule has 1 aliphatic rings. The van der Waals surface area contributed by atoms with Gasteiger partial charge < -0.3 is 16.0 Å². The van der Waals surface area contributed by atoms with E-state index in [9.17, 15) is 4.79 Å². The Bertz CT molecular complexity index is 380. The second-order valence-corrected chi connectivity index (χ2v) is 5.71. The monoisotopic (exact) mass is 267 g/mol. The fraction of sp³-hybridized carbons (Fsp3) is 0.615. The van der Waals surface area contributed by atoms with Gasteiger partial charge >= 0.3 is 0 Å². The van der Waals surface area contributed by atoms with Crippen molar-refractivity contribution in [1.29, 1.82) is 0 Å². The molecule has 2 atom stereocenters. The zero-order valence-electron chi connectivity index (χ0n) is 10.8. The summed E-state index contributed by atoms with van der Waals surface area (Å²) in [4.78, 5) is 15.3. The van der Waals surface area contributed by atoms with Gasteiger partial charge in [-0.1, -0.05) is 13.0 Å². The van der Waals surface area contributed by atoms with Crippen molar-refractivity contribution in [3.8, 4) is 0 Å². The van der Waals surface area contributed by atoms with Gasteiger partial charge in [-0.3, -0.25) is 4.79 Å². The molecule has 2 rings (SSSR count). The van der Waals surface area contributed by atoms with Gasteiger partial charge in [-0.2, -0.15) is 0 Å². The minimum absolute atomic E-state index is 0.0552. The van der Waals surface area contributed by atoms with Crippen LogP contribution >= 0.6 is 11.3 Å². The van der Waals surface area contributed by atoms with Crippen molar-refractivity contribution in [1.82, 2.24) is 10.2 Å². The molecule has 0 aliphatic carbocycles. The molecule has 1 aliphatic heterocycles. The predicted octanol–water partition coefficient (Wildman–Crippen LogP) is 1.35. The number of nitrogens with one attached hydrogen (secondary N) is 1. The molecule has 2 heterocycles. The number of likely N-dealkylation sites (tertiary alicyclic amines) is 1. The van der Waals surface area contributed by atoms with Crippen LogP contribution in [0.15, 0.2) is 17.5 Å². The van der Waals surface area contributed by atoms with Crippen LogP contribution in [0.2, 0.25) is 0 Å². The summed E-state index contributed by atoms with van der Waals surface area (Å²) in [5, 5.41) is 5.02. The molecule has 1 aromatic rings. The second kappa shape index (κ2) is 6.31. The van der Waals surface area contributed by atoms with Crippen LogP contribution in [-0.4, -0.2) is 36.5 Å². The van der Waals surface area contributed by atoms with Gasteiger partial charge in [0.15, 0.2) is 0 Å². The van der Waals surface area contributed by atoms with Crippen molar-refractivity contribution in [2.75, 3.05) is 19.6 Å². The lowest BCUT2D eigenvalue weighted by atomic mass is 10.1. The average Bonchev–Trinajstić information content (AvgIpc) is 2.92. The van der Waals surface area contributed by atoms with Gasteiger partial charge in [-0.05, 0) is 37.4 Å². The van der Waals surface area contributed by atoms with Gasteiger partial charge in [-0.25, -0.2) is 0 Å². The molecule has 0 bridgehead atoms. The highest BCUT2D eigenvalue weighted by Gasteiger charge is 2.23. The molecule has 0 spiro atoms. The third-order valence-corrected chi connectivity index (χ3v) is 4.39. The zero-order valence-corrected chi connectivity index (χ0v) is 11.6. The number of hydrogen-bond acceptors (Lipinski definition) is 4. The van der Waals surface area contributed by atoms with Crippen molar-refractivity contribution in [2.45, 2.75) is 31.8 Å². The van der Waals surface area contributed by atoms with Gasteiger partial charge in [0.25, 0.3) is 0 Å². The largest absolute Gasteiger partial charge is 0.350 e. The maximum Gasteiger partial charge on any atom is 0.242 e. The highest BCUT2D eigenvalue weighted by Crippen LogP contribution is 2.17. The molecular weight excluding hydrogens is 246 g/mol. The number of piperidine rings is 1. The van der Waals surface area contributed by atoms with E-state index >= 15 is 0 Å². The molecular formula is C13H21N3OS. The van der Waals surface area contributed by atoms with Crippen LogP contribution in [0.5, 0.6) is 0 Å². The van der Waals surface area contributed by atoms with Crippen LogP contribution in [0.3, 0.4) is 0 Å². The van der Waals surface area contributed by atoms with Crippen LogP contribution in [0.25, 0.3) is 0 Å². The normalized spacial score (nSPS) is 22.7. The molecule has 0 saturated carbocycles. The summed E-state index contributed by atoms with van der Waals surface area (Å²) in [6.45, 7) is 5.28. The molecule has 18 heavy (non-hydrogen) atoms. The average molecular weight is 267 g/mol. The van der Waals surface area contributed by atoms with Crippen LogP contribution in [-0.2, 0) is 4.79 Å². The highest BCUT2D eigenvalue weighted by molar-refractivity contribution is 7.10. The lowest BCUT2D eigenvalue weighted by Crippen LogP contribution is -2.49. The summed E-state index contributed by atoms with van der Waals surface area (Å²) >= 11 is 1.53. The number of rotatable bonds is 4. The lowest BCUT2D eigenvalue weighted by molar-refractivity contribution is -0.123. The summed E-state index contributed by atoms with van der Waals surface area (Å²) in [5.74, 6) is -0.0552. The van der Waals surface area contributed by atoms with E-state index in [1.165, 1.54) is 11.3 Å². The van der Waals surface area contributed by atoms with Gasteiger partial charge in [0, 0.05) is 17.5 Å². The number of hydrogen-bond donors (Lipinski definition) is 2. The summed E-state index contributed by atoms with van der Waals surface area (Å²) in [5.41, 5.74) is 5.95. The minimum atomic E-state index is -0.526. The van der Waals surface area contributed by atoms with E-state index in [0.717, 1.165) is 37.4 Å². The quantitative estimate of drug-likeness (QED) is 0.866. The van der Waals surface area contributed by atoms with E-state index in [1.54, 1.807) is 0 Å². The van der Waals surface area contributed by atoms with E-state index in [4.69, 9.17) is 5.73 Å². The van der Waals surface area contributed by atoms with Gasteiger partial charge in [-0.15, -0.1) is 11.3 Å². The molecule has 3 N–H and O–H groups in total. The molecule has 100 valence electrons. The fourth-order valence-corrected chi connectivity index (χ4v) is 3.07. The Hall–Kier alpha value is -0.910. The van der Waals surface area contributed by atoms with Crippen molar-refractivity contribution in [3.63, 3.8) is 0 Å². The summed E-state index contributed by atoms with van der Waals surface area (Å²) in [7, 11) is 0. The van der Waals surface area contributed by atoms with Gasteiger partial charge in [0.05, 0.1) is 0 Å². The minimum Gasteiger partial charge on any atom is -0.350 e. The Morgan fingerprint density at radius 3 is 3.22 bits per heavy atom. The van der Waals surface area contributed by atoms with Crippen molar-refractivity contribution >= 4 is 17.2 Å². The topological polar surface area (TPSA) is 58.4 Å². The van der Waals surface area contributed by atoms with E-state index < -0.39 is 6.04 Å². The molecule has 2 unspecified atom stereocenters. The first-order chi connectivity index (χ1) is 8.70. The molecule has 1 amide bonds. The zero-order chi connectivity index (χ0) is 13.0. The summed E-state index contributed by atoms with van der Waals surface area (Å²) in [6, 6.07) is 3.56. The van der Waals surface area contributed by atoms with Crippen molar-refractivity contribution in [3.05, 3.63) is 22.4 Å². The van der Waals surface area contributed by atoms with Gasteiger partial charge in [0.2, 0.25) is 5.91 Å². The van der Waals surface area contributed by atoms with E-state index in [2.05, 4.69) is 17.1 Å². The van der Waals surface area contributed by atoms with Crippen molar-refractivity contribution < 1.29 is 4.79 Å². The molecule has 1 saturated heterocycles. The number of nitrogens with zero attached hydrogens (tertiary/aromatic N) is 1. The number of nitrogens with two attached hydrogens (primary N) is 1. The van der Waals surface area contributed by atoms with Gasteiger partial charge in [0.1, 0.15) is 6.04 Å².